The topological polar surface area (TPSA) is 66.5 Å². The van der Waals surface area contributed by atoms with Gasteiger partial charge in [-0.1, -0.05) is 37.0 Å². The van der Waals surface area contributed by atoms with Gasteiger partial charge in [0.2, 0.25) is 15.9 Å². The van der Waals surface area contributed by atoms with Crippen LogP contribution in [0.4, 0.5) is 5.69 Å². The maximum Gasteiger partial charge on any atom is 0.243 e. The number of nitrogens with zero attached hydrogens (tertiary/aromatic N) is 1. The molecule has 124 valence electrons. The molecule has 0 saturated carbocycles. The zero-order valence-corrected chi connectivity index (χ0v) is 15.3. The zero-order chi connectivity index (χ0) is 17.1. The molecule has 0 bridgehead atoms. The third-order valence-corrected chi connectivity index (χ3v) is 4.70. The Hall–Kier alpha value is -0.980. The van der Waals surface area contributed by atoms with Crippen LogP contribution in [0, 0.1) is 5.92 Å². The van der Waals surface area contributed by atoms with Gasteiger partial charge >= 0.3 is 0 Å². The zero-order valence-electron chi connectivity index (χ0n) is 12.9. The van der Waals surface area contributed by atoms with Gasteiger partial charge in [0.1, 0.15) is 6.04 Å². The number of halogens is 2. The molecule has 0 aliphatic rings. The molecule has 1 N–H and O–H groups in total. The monoisotopic (exact) mass is 366 g/mol. The average Bonchev–Trinajstić information content (AvgIpc) is 2.38. The lowest BCUT2D eigenvalue weighted by atomic mass is 10.2. The van der Waals surface area contributed by atoms with E-state index in [-0.39, 0.29) is 16.6 Å². The van der Waals surface area contributed by atoms with E-state index in [0.717, 1.165) is 10.6 Å². The molecule has 1 aromatic carbocycles. The van der Waals surface area contributed by atoms with Crippen molar-refractivity contribution in [1.29, 1.82) is 0 Å². The van der Waals surface area contributed by atoms with Gasteiger partial charge in [0.15, 0.2) is 0 Å². The average molecular weight is 367 g/mol. The van der Waals surface area contributed by atoms with Crippen molar-refractivity contribution >= 4 is 44.8 Å². The van der Waals surface area contributed by atoms with E-state index in [4.69, 9.17) is 23.2 Å². The van der Waals surface area contributed by atoms with Crippen LogP contribution in [0.15, 0.2) is 18.2 Å². The van der Waals surface area contributed by atoms with Crippen molar-refractivity contribution < 1.29 is 13.2 Å². The Labute approximate surface area is 141 Å². The van der Waals surface area contributed by atoms with E-state index in [1.807, 2.05) is 13.8 Å². The lowest BCUT2D eigenvalue weighted by Crippen LogP contribution is -2.48. The van der Waals surface area contributed by atoms with E-state index in [1.165, 1.54) is 19.1 Å². The van der Waals surface area contributed by atoms with E-state index >= 15 is 0 Å². The maximum atomic E-state index is 12.2. The Morgan fingerprint density at radius 1 is 1.27 bits per heavy atom. The summed E-state index contributed by atoms with van der Waals surface area (Å²) in [4.78, 5) is 12.2. The summed E-state index contributed by atoms with van der Waals surface area (Å²) < 4.78 is 25.2. The minimum absolute atomic E-state index is 0.184. The van der Waals surface area contributed by atoms with E-state index in [0.29, 0.717) is 11.6 Å². The highest BCUT2D eigenvalue weighted by molar-refractivity contribution is 7.92. The van der Waals surface area contributed by atoms with E-state index in [2.05, 4.69) is 5.32 Å². The van der Waals surface area contributed by atoms with Crippen molar-refractivity contribution in [2.75, 3.05) is 17.1 Å². The van der Waals surface area contributed by atoms with Crippen LogP contribution in [0.3, 0.4) is 0 Å². The Bertz CT molecular complexity index is 647. The smallest absolute Gasteiger partial charge is 0.243 e. The molecule has 0 saturated heterocycles. The van der Waals surface area contributed by atoms with Gasteiger partial charge < -0.3 is 5.32 Å². The fourth-order valence-corrected chi connectivity index (χ4v) is 3.49. The number of nitrogens with one attached hydrogen (secondary N) is 1. The quantitative estimate of drug-likeness (QED) is 0.841. The number of hydrogen-bond acceptors (Lipinski definition) is 3. The van der Waals surface area contributed by atoms with Gasteiger partial charge in [0, 0.05) is 11.6 Å². The summed E-state index contributed by atoms with van der Waals surface area (Å²) in [6, 6.07) is 3.54. The van der Waals surface area contributed by atoms with Crippen molar-refractivity contribution in [2.45, 2.75) is 26.8 Å². The largest absolute Gasteiger partial charge is 0.354 e. The molecule has 1 unspecified atom stereocenters. The third-order valence-electron chi connectivity index (χ3n) is 2.92. The molecule has 0 aliphatic carbocycles. The predicted octanol–water partition coefficient (Wildman–Crippen LogP) is 2.92. The molecule has 0 aliphatic heterocycles. The highest BCUT2D eigenvalue weighted by Crippen LogP contribution is 2.32. The molecule has 5 nitrogen and oxygen atoms in total. The number of anilines is 1. The first-order valence-corrected chi connectivity index (χ1v) is 9.36. The van der Waals surface area contributed by atoms with E-state index in [1.54, 1.807) is 6.07 Å². The molecular weight excluding hydrogens is 347 g/mol. The number of carbonyl (C=O) groups excluding carboxylic acids is 1. The van der Waals surface area contributed by atoms with Crippen LogP contribution in [0.5, 0.6) is 0 Å². The fourth-order valence-electron chi connectivity index (χ4n) is 1.89. The SMILES string of the molecule is CC(C)CNC(=O)C(C)N(c1cc(Cl)ccc1Cl)S(C)(=O)=O. The fraction of sp³-hybridized carbons (Fsp3) is 0.500. The lowest BCUT2D eigenvalue weighted by molar-refractivity contribution is -0.121. The van der Waals surface area contributed by atoms with Gasteiger partial charge in [-0.05, 0) is 31.0 Å². The molecule has 0 fully saturated rings. The molecule has 0 heterocycles. The molecule has 1 rings (SSSR count). The van der Waals surface area contributed by atoms with E-state index in [9.17, 15) is 13.2 Å². The minimum Gasteiger partial charge on any atom is -0.354 e. The van der Waals surface area contributed by atoms with E-state index < -0.39 is 22.0 Å². The van der Waals surface area contributed by atoms with Crippen molar-refractivity contribution in [2.24, 2.45) is 5.92 Å². The van der Waals surface area contributed by atoms with Gasteiger partial charge in [-0.3, -0.25) is 9.10 Å². The first-order valence-electron chi connectivity index (χ1n) is 6.76. The number of hydrogen-bond donors (Lipinski definition) is 1. The van der Waals surface area contributed by atoms with Gasteiger partial charge in [-0.2, -0.15) is 0 Å². The summed E-state index contributed by atoms with van der Waals surface area (Å²) >= 11 is 12.0. The molecular formula is C14H20Cl2N2O3S. The van der Waals surface area contributed by atoms with Crippen molar-refractivity contribution in [3.63, 3.8) is 0 Å². The molecule has 22 heavy (non-hydrogen) atoms. The second-order valence-corrected chi connectivity index (χ2v) is 8.17. The van der Waals surface area contributed by atoms with Crippen LogP contribution in [0.25, 0.3) is 0 Å². The number of sulfonamides is 1. The second-order valence-electron chi connectivity index (χ2n) is 5.47. The first kappa shape index (κ1) is 19.1. The number of carbonyl (C=O) groups is 1. The molecule has 1 atom stereocenters. The van der Waals surface area contributed by atoms with Crippen LogP contribution in [-0.4, -0.2) is 33.2 Å². The van der Waals surface area contributed by atoms with Crippen molar-refractivity contribution in [1.82, 2.24) is 5.32 Å². The molecule has 1 amide bonds. The summed E-state index contributed by atoms with van der Waals surface area (Å²) in [7, 11) is -3.71. The summed E-state index contributed by atoms with van der Waals surface area (Å²) in [6.07, 6.45) is 1.02. The Morgan fingerprint density at radius 3 is 2.36 bits per heavy atom. The van der Waals surface area contributed by atoms with Gasteiger partial charge in [0.25, 0.3) is 0 Å². The number of benzene rings is 1. The Kier molecular flexibility index (Phi) is 6.52. The van der Waals surface area contributed by atoms with Crippen LogP contribution < -0.4 is 9.62 Å². The lowest BCUT2D eigenvalue weighted by Gasteiger charge is -2.29. The van der Waals surface area contributed by atoms with Crippen molar-refractivity contribution in [3.8, 4) is 0 Å². The summed E-state index contributed by atoms with van der Waals surface area (Å²) in [5.74, 6) is -0.132. The minimum atomic E-state index is -3.71. The molecule has 0 radical (unpaired) electrons. The second kappa shape index (κ2) is 7.53. The summed E-state index contributed by atoms with van der Waals surface area (Å²) in [5, 5.41) is 3.26. The molecule has 1 aromatic rings. The first-order chi connectivity index (χ1) is 10.0. The van der Waals surface area contributed by atoms with Gasteiger partial charge in [-0.25, -0.2) is 8.42 Å². The number of amides is 1. The summed E-state index contributed by atoms with van der Waals surface area (Å²) in [6.45, 7) is 5.87. The third kappa shape index (κ3) is 5.04. The maximum absolute atomic E-state index is 12.2. The van der Waals surface area contributed by atoms with Crippen molar-refractivity contribution in [3.05, 3.63) is 28.2 Å². The Balaban J connectivity index is 3.19. The number of rotatable bonds is 6. The highest BCUT2D eigenvalue weighted by atomic mass is 35.5. The van der Waals surface area contributed by atoms with Crippen LogP contribution in [0.2, 0.25) is 10.0 Å². The molecule has 0 spiro atoms. The van der Waals surface area contributed by atoms with Crippen LogP contribution >= 0.6 is 23.2 Å². The van der Waals surface area contributed by atoms with Gasteiger partial charge in [-0.15, -0.1) is 0 Å². The van der Waals surface area contributed by atoms with Crippen LogP contribution in [0.1, 0.15) is 20.8 Å². The highest BCUT2D eigenvalue weighted by Gasteiger charge is 2.30. The predicted molar refractivity (Wildman–Crippen MR) is 91.1 cm³/mol. The normalized spacial score (nSPS) is 13.0. The van der Waals surface area contributed by atoms with Gasteiger partial charge in [0.05, 0.1) is 17.0 Å². The molecule has 0 aromatic heterocycles. The molecule has 8 heteroatoms. The Morgan fingerprint density at radius 2 is 1.86 bits per heavy atom. The van der Waals surface area contributed by atoms with Crippen LogP contribution in [-0.2, 0) is 14.8 Å². The standard InChI is InChI=1S/C14H20Cl2N2O3S/c1-9(2)8-17-14(19)10(3)18(22(4,20)21)13-7-11(15)5-6-12(13)16/h5-7,9-10H,8H2,1-4H3,(H,17,19). The summed E-state index contributed by atoms with van der Waals surface area (Å²) in [5.41, 5.74) is 0.184.